The van der Waals surface area contributed by atoms with E-state index in [1.165, 1.54) is 31.2 Å². The van der Waals surface area contributed by atoms with Crippen LogP contribution in [-0.2, 0) is 19.6 Å². The predicted molar refractivity (Wildman–Crippen MR) is 96.3 cm³/mol. The second kappa shape index (κ2) is 10.2. The summed E-state index contributed by atoms with van der Waals surface area (Å²) < 4.78 is 26.5. The molecule has 1 N–H and O–H groups in total. The van der Waals surface area contributed by atoms with Crippen molar-refractivity contribution < 1.29 is 23.2 Å². The smallest absolute Gasteiger partial charge is 0.280 e. The minimum absolute atomic E-state index is 0.00870. The monoisotopic (exact) mass is 385 g/mol. The number of hydrazine groups is 1. The Morgan fingerprint density at radius 1 is 1.19 bits per heavy atom. The van der Waals surface area contributed by atoms with Gasteiger partial charge in [0.1, 0.15) is 0 Å². The lowest BCUT2D eigenvalue weighted by Gasteiger charge is -2.31. The summed E-state index contributed by atoms with van der Waals surface area (Å²) in [7, 11) is -1.18. The predicted octanol–water partition coefficient (Wildman–Crippen LogP) is 1.72. The molecule has 146 valence electrons. The maximum atomic E-state index is 13.0. The molecule has 1 aromatic carbocycles. The highest BCUT2D eigenvalue weighted by Gasteiger charge is 2.36. The highest BCUT2D eigenvalue weighted by Crippen LogP contribution is 2.22. The average Bonchev–Trinajstić information content (AvgIpc) is 2.61. The number of rotatable bonds is 11. The zero-order valence-corrected chi connectivity index (χ0v) is 16.2. The van der Waals surface area contributed by atoms with Crippen LogP contribution in [0.15, 0.2) is 35.2 Å². The number of unbranched alkanes of at least 4 members (excludes halogenated alkanes) is 2. The number of carbonyl (C=O) groups excluding carboxylic acids is 2. The fourth-order valence-electron chi connectivity index (χ4n) is 2.58. The van der Waals surface area contributed by atoms with Crippen LogP contribution < -0.4 is 0 Å². The van der Waals surface area contributed by atoms with E-state index in [4.69, 9.17) is 0 Å². The van der Waals surface area contributed by atoms with E-state index in [0.717, 1.165) is 12.8 Å². The summed E-state index contributed by atoms with van der Waals surface area (Å²) in [5.41, 5.74) is 0. The Morgan fingerprint density at radius 3 is 2.31 bits per heavy atom. The molecule has 26 heavy (non-hydrogen) atoms. The van der Waals surface area contributed by atoms with Gasteiger partial charge in [-0.1, -0.05) is 44.4 Å². The highest BCUT2D eigenvalue weighted by molar-refractivity contribution is 7.89. The van der Waals surface area contributed by atoms with Gasteiger partial charge in [0.25, 0.3) is 15.9 Å². The first-order valence-corrected chi connectivity index (χ1v) is 9.92. The number of hydrogen-bond acceptors (Lipinski definition) is 6. The van der Waals surface area contributed by atoms with Gasteiger partial charge in [-0.3, -0.25) is 14.8 Å². The van der Waals surface area contributed by atoms with Gasteiger partial charge in [-0.25, -0.2) is 10.1 Å². The Morgan fingerprint density at radius 2 is 1.81 bits per heavy atom. The van der Waals surface area contributed by atoms with Crippen LogP contribution >= 0.6 is 0 Å². The quantitative estimate of drug-likeness (QED) is 0.270. The average molecular weight is 385 g/mol. The van der Waals surface area contributed by atoms with Crippen molar-refractivity contribution in [1.82, 2.24) is 14.5 Å². The fraction of sp³-hybridized carbons (Fsp3) is 0.529. The number of amides is 2. The van der Waals surface area contributed by atoms with Crippen LogP contribution in [-0.4, -0.2) is 61.1 Å². The van der Waals surface area contributed by atoms with Gasteiger partial charge in [0.15, 0.2) is 0 Å². The molecule has 1 rings (SSSR count). The Hall–Kier alpha value is -1.97. The second-order valence-electron chi connectivity index (χ2n) is 6.17. The maximum Gasteiger partial charge on any atom is 0.280 e. The molecule has 8 nitrogen and oxygen atoms in total. The first-order valence-electron chi connectivity index (χ1n) is 8.48. The molecule has 0 spiro atoms. The molecule has 1 aromatic rings. The zero-order chi connectivity index (χ0) is 19.7. The normalized spacial score (nSPS) is 12.7. The van der Waals surface area contributed by atoms with Crippen LogP contribution in [0.2, 0.25) is 0 Å². The van der Waals surface area contributed by atoms with Crippen molar-refractivity contribution in [1.29, 1.82) is 0 Å². The number of hydrogen-bond donors (Lipinski definition) is 1. The number of carbonyl (C=O) groups is 2. The van der Waals surface area contributed by atoms with Gasteiger partial charge in [-0.05, 0) is 18.6 Å². The van der Waals surface area contributed by atoms with Crippen molar-refractivity contribution >= 4 is 22.3 Å². The van der Waals surface area contributed by atoms with Gasteiger partial charge in [-0.2, -0.15) is 12.8 Å². The first kappa shape index (κ1) is 22.1. The van der Waals surface area contributed by atoms with Crippen LogP contribution in [0.5, 0.6) is 0 Å². The fourth-order valence-corrected chi connectivity index (χ4v) is 4.10. The Balaban J connectivity index is 3.18. The van der Waals surface area contributed by atoms with E-state index >= 15 is 0 Å². The minimum atomic E-state index is -4.10. The van der Waals surface area contributed by atoms with Gasteiger partial charge in [0.2, 0.25) is 6.41 Å². The van der Waals surface area contributed by atoms with Crippen LogP contribution in [0.4, 0.5) is 0 Å². The summed E-state index contributed by atoms with van der Waals surface area (Å²) in [5, 5.41) is 11.1. The topological polar surface area (TPSA) is 98.2 Å². The van der Waals surface area contributed by atoms with Crippen LogP contribution in [0, 0.1) is 5.92 Å². The molecule has 0 saturated carbocycles. The summed E-state index contributed by atoms with van der Waals surface area (Å²) in [5.74, 6) is -1.52. The van der Waals surface area contributed by atoms with Crippen molar-refractivity contribution in [2.45, 2.75) is 37.5 Å². The molecule has 0 aliphatic carbocycles. The molecule has 1 atom stereocenters. The van der Waals surface area contributed by atoms with Crippen molar-refractivity contribution in [2.24, 2.45) is 5.92 Å². The highest BCUT2D eigenvalue weighted by atomic mass is 32.2. The molecule has 0 saturated heterocycles. The molecule has 9 heteroatoms. The Bertz CT molecular complexity index is 679. The van der Waals surface area contributed by atoms with E-state index in [0.29, 0.717) is 22.3 Å². The first-order chi connectivity index (χ1) is 12.3. The van der Waals surface area contributed by atoms with Crippen LogP contribution in [0.3, 0.4) is 0 Å². The van der Waals surface area contributed by atoms with Gasteiger partial charge in [0.05, 0.1) is 17.4 Å². The molecule has 0 aliphatic heterocycles. The van der Waals surface area contributed by atoms with Crippen LogP contribution in [0.1, 0.15) is 32.6 Å². The number of nitrogens with zero attached hydrogens (tertiary/aromatic N) is 3. The zero-order valence-electron chi connectivity index (χ0n) is 15.4. The summed E-state index contributed by atoms with van der Waals surface area (Å²) in [6, 6.07) is 7.66. The number of hydroxylamine groups is 2. The van der Waals surface area contributed by atoms with Crippen molar-refractivity contribution in [2.75, 3.05) is 20.6 Å². The lowest BCUT2D eigenvalue weighted by atomic mass is 10.0. The molecule has 0 aliphatic rings. The van der Waals surface area contributed by atoms with E-state index < -0.39 is 21.8 Å². The number of benzene rings is 1. The summed E-state index contributed by atoms with van der Waals surface area (Å²) in [6.45, 7) is 1.74. The third-order valence-corrected chi connectivity index (χ3v) is 5.68. The largest absolute Gasteiger partial charge is 0.286 e. The van der Waals surface area contributed by atoms with E-state index in [1.807, 2.05) is 6.92 Å². The van der Waals surface area contributed by atoms with Gasteiger partial charge >= 0.3 is 0 Å². The molecular weight excluding hydrogens is 358 g/mol. The maximum absolute atomic E-state index is 13.0. The molecule has 0 aromatic heterocycles. The Kier molecular flexibility index (Phi) is 8.70. The van der Waals surface area contributed by atoms with E-state index in [1.54, 1.807) is 18.2 Å². The molecule has 0 radical (unpaired) electrons. The van der Waals surface area contributed by atoms with Crippen LogP contribution in [0.25, 0.3) is 0 Å². The number of sulfonamides is 1. The SMILES string of the molecule is CCCCCC(CN(O)C=O)C(=O)N(N(C)C)S(=O)(=O)c1ccccc1. The molecule has 0 bridgehead atoms. The van der Waals surface area contributed by atoms with Gasteiger partial charge < -0.3 is 0 Å². The standard InChI is InChI=1S/C17H27N3O5S/c1-4-5-7-10-15(13-19(23)14-21)17(22)20(18(2)3)26(24,25)16-11-8-6-9-12-16/h6,8-9,11-12,14-15,23H,4-5,7,10,13H2,1-3H3. The molecule has 0 heterocycles. The molecule has 1 unspecified atom stereocenters. The summed E-state index contributed by atoms with van der Waals surface area (Å²) >= 11 is 0. The molecule has 2 amide bonds. The summed E-state index contributed by atoms with van der Waals surface area (Å²) in [4.78, 5) is 23.7. The van der Waals surface area contributed by atoms with Crippen molar-refractivity contribution in [3.8, 4) is 0 Å². The van der Waals surface area contributed by atoms with Crippen molar-refractivity contribution in [3.63, 3.8) is 0 Å². The van der Waals surface area contributed by atoms with E-state index in [9.17, 15) is 23.2 Å². The second-order valence-corrected chi connectivity index (χ2v) is 7.93. The third kappa shape index (κ3) is 5.79. The van der Waals surface area contributed by atoms with E-state index in [-0.39, 0.29) is 17.9 Å². The van der Waals surface area contributed by atoms with E-state index in [2.05, 4.69) is 0 Å². The van der Waals surface area contributed by atoms with Gasteiger partial charge in [0, 0.05) is 14.1 Å². The summed E-state index contributed by atoms with van der Waals surface area (Å²) in [6.07, 6.45) is 3.05. The third-order valence-electron chi connectivity index (χ3n) is 3.86. The molecule has 0 fully saturated rings. The minimum Gasteiger partial charge on any atom is -0.286 e. The lowest BCUT2D eigenvalue weighted by Crippen LogP contribution is -2.50. The molecular formula is C17H27N3O5S. The lowest BCUT2D eigenvalue weighted by molar-refractivity contribution is -0.158. The van der Waals surface area contributed by atoms with Gasteiger partial charge in [-0.15, -0.1) is 0 Å². The Labute approximate surface area is 155 Å². The van der Waals surface area contributed by atoms with Crippen molar-refractivity contribution in [3.05, 3.63) is 30.3 Å².